The number of halogens is 2. The van der Waals surface area contributed by atoms with Crippen LogP contribution in [0.15, 0.2) is 43.7 Å². The van der Waals surface area contributed by atoms with E-state index in [2.05, 4.69) is 31.9 Å². The van der Waals surface area contributed by atoms with Crippen molar-refractivity contribution < 1.29 is 9.34 Å². The second-order valence-electron chi connectivity index (χ2n) is 3.80. The first-order valence-electron chi connectivity index (χ1n) is 5.02. The third-order valence-electron chi connectivity index (χ3n) is 2.70. The van der Waals surface area contributed by atoms with Gasteiger partial charge in [0.05, 0.1) is 15.5 Å². The summed E-state index contributed by atoms with van der Waals surface area (Å²) in [4.78, 5) is 10.4. The minimum absolute atomic E-state index is 0.000576. The molecule has 0 aliphatic heterocycles. The van der Waals surface area contributed by atoms with Gasteiger partial charge in [-0.25, -0.2) is 0 Å². The van der Waals surface area contributed by atoms with E-state index in [9.17, 15) is 10.1 Å². The molecule has 0 spiro atoms. The Balaban J connectivity index is 2.43. The maximum absolute atomic E-state index is 10.9. The molecule has 0 N–H and O–H groups in total. The zero-order valence-corrected chi connectivity index (χ0v) is 12.0. The Kier molecular flexibility index (Phi) is 2.64. The Morgan fingerprint density at radius 1 is 1.06 bits per heavy atom. The second-order valence-corrected chi connectivity index (χ2v) is 5.57. The highest BCUT2D eigenvalue weighted by Gasteiger charge is 2.17. The van der Waals surface area contributed by atoms with Crippen LogP contribution in [-0.4, -0.2) is 4.92 Å². The predicted octanol–water partition coefficient (Wildman–Crippen LogP) is 5.02. The van der Waals surface area contributed by atoms with Crippen LogP contribution in [0.2, 0.25) is 0 Å². The minimum Gasteiger partial charge on any atom is -0.456 e. The van der Waals surface area contributed by atoms with E-state index in [0.29, 0.717) is 15.6 Å². The summed E-state index contributed by atoms with van der Waals surface area (Å²) in [6, 6.07) is 8.83. The van der Waals surface area contributed by atoms with E-state index >= 15 is 0 Å². The zero-order chi connectivity index (χ0) is 12.9. The molecule has 1 aromatic heterocycles. The first kappa shape index (κ1) is 11.7. The average Bonchev–Trinajstić information content (AvgIpc) is 2.64. The summed E-state index contributed by atoms with van der Waals surface area (Å²) < 4.78 is 6.98. The Morgan fingerprint density at radius 2 is 1.78 bits per heavy atom. The molecule has 0 aliphatic carbocycles. The second kappa shape index (κ2) is 4.07. The fourth-order valence-electron chi connectivity index (χ4n) is 1.90. The van der Waals surface area contributed by atoms with Crippen LogP contribution >= 0.6 is 31.9 Å². The van der Waals surface area contributed by atoms with E-state index in [1.165, 1.54) is 6.07 Å². The van der Waals surface area contributed by atoms with Gasteiger partial charge < -0.3 is 4.42 Å². The van der Waals surface area contributed by atoms with Crippen LogP contribution in [0.1, 0.15) is 0 Å². The topological polar surface area (TPSA) is 56.3 Å². The number of hydrogen-bond acceptors (Lipinski definition) is 3. The summed E-state index contributed by atoms with van der Waals surface area (Å²) >= 11 is 6.57. The predicted molar refractivity (Wildman–Crippen MR) is 75.8 cm³/mol. The number of nitrogens with zero attached hydrogens (tertiary/aromatic N) is 1. The van der Waals surface area contributed by atoms with E-state index in [0.717, 1.165) is 15.2 Å². The van der Waals surface area contributed by atoms with Crippen LogP contribution in [0.4, 0.5) is 5.69 Å². The molecule has 1 heterocycles. The van der Waals surface area contributed by atoms with Crippen molar-refractivity contribution in [2.45, 2.75) is 0 Å². The number of benzene rings is 2. The summed E-state index contributed by atoms with van der Waals surface area (Å²) in [7, 11) is 0. The minimum atomic E-state index is -0.438. The van der Waals surface area contributed by atoms with Gasteiger partial charge in [-0.2, -0.15) is 0 Å². The Labute approximate surface area is 118 Å². The monoisotopic (exact) mass is 369 g/mol. The molecule has 0 amide bonds. The number of nitro benzene ring substituents is 1. The van der Waals surface area contributed by atoms with Crippen molar-refractivity contribution in [3.63, 3.8) is 0 Å². The van der Waals surface area contributed by atoms with Gasteiger partial charge in [-0.1, -0.05) is 15.9 Å². The molecule has 4 nitrogen and oxygen atoms in total. The summed E-state index contributed by atoms with van der Waals surface area (Å²) in [5, 5.41) is 12.7. The van der Waals surface area contributed by atoms with Crippen molar-refractivity contribution in [1.82, 2.24) is 0 Å². The van der Waals surface area contributed by atoms with Crippen LogP contribution in [-0.2, 0) is 0 Å². The summed E-state index contributed by atoms with van der Waals surface area (Å²) in [6.45, 7) is 0. The van der Waals surface area contributed by atoms with Crippen LogP contribution < -0.4 is 0 Å². The molecule has 90 valence electrons. The normalized spacial score (nSPS) is 11.2. The molecule has 0 saturated heterocycles. The summed E-state index contributed by atoms with van der Waals surface area (Å²) in [5.74, 6) is 0. The Bertz CT molecular complexity index is 795. The Hall–Kier alpha value is -1.40. The van der Waals surface area contributed by atoms with Crippen molar-refractivity contribution in [3.8, 4) is 0 Å². The third kappa shape index (κ3) is 1.72. The fourth-order valence-corrected chi connectivity index (χ4v) is 2.73. The van der Waals surface area contributed by atoms with Crippen LogP contribution in [0, 0.1) is 10.1 Å². The smallest absolute Gasteiger partial charge is 0.287 e. The fraction of sp³-hybridized carbons (Fsp3) is 0. The van der Waals surface area contributed by atoms with Gasteiger partial charge in [-0.15, -0.1) is 0 Å². The van der Waals surface area contributed by atoms with Gasteiger partial charge >= 0.3 is 0 Å². The van der Waals surface area contributed by atoms with E-state index in [-0.39, 0.29) is 5.69 Å². The van der Waals surface area contributed by atoms with Gasteiger partial charge in [0.15, 0.2) is 0 Å². The largest absolute Gasteiger partial charge is 0.456 e. The van der Waals surface area contributed by atoms with E-state index in [1.54, 1.807) is 6.07 Å². The molecule has 3 aromatic rings. The molecular formula is C12H5Br2NO3. The molecule has 0 saturated carbocycles. The van der Waals surface area contributed by atoms with Crippen molar-refractivity contribution >= 4 is 59.5 Å². The van der Waals surface area contributed by atoms with E-state index in [1.807, 2.05) is 18.2 Å². The van der Waals surface area contributed by atoms with Crippen LogP contribution in [0.25, 0.3) is 21.9 Å². The third-order valence-corrected chi connectivity index (χ3v) is 3.83. The molecule has 0 radical (unpaired) electrons. The van der Waals surface area contributed by atoms with Gasteiger partial charge in [0, 0.05) is 15.2 Å². The lowest BCUT2D eigenvalue weighted by molar-refractivity contribution is -0.385. The van der Waals surface area contributed by atoms with Gasteiger partial charge in [-0.3, -0.25) is 10.1 Å². The molecule has 2 aromatic carbocycles. The first-order valence-corrected chi connectivity index (χ1v) is 6.60. The Morgan fingerprint density at radius 3 is 2.50 bits per heavy atom. The van der Waals surface area contributed by atoms with Crippen molar-refractivity contribution in [2.75, 3.05) is 0 Å². The maximum atomic E-state index is 10.9. The molecule has 6 heteroatoms. The summed E-state index contributed by atoms with van der Waals surface area (Å²) in [6.07, 6.45) is 0. The molecule has 0 atom stereocenters. The lowest BCUT2D eigenvalue weighted by atomic mass is 10.1. The average molecular weight is 371 g/mol. The van der Waals surface area contributed by atoms with Crippen LogP contribution in [0.5, 0.6) is 0 Å². The number of hydrogen-bond donors (Lipinski definition) is 0. The molecule has 0 unspecified atom stereocenters. The van der Waals surface area contributed by atoms with Crippen molar-refractivity contribution in [3.05, 3.63) is 49.4 Å². The first-order chi connectivity index (χ1) is 8.56. The highest BCUT2D eigenvalue weighted by atomic mass is 79.9. The molecule has 0 bridgehead atoms. The highest BCUT2D eigenvalue weighted by molar-refractivity contribution is 9.10. The molecule has 0 fully saturated rings. The number of furan rings is 1. The lowest BCUT2D eigenvalue weighted by Gasteiger charge is -1.95. The van der Waals surface area contributed by atoms with E-state index < -0.39 is 4.92 Å². The molecule has 18 heavy (non-hydrogen) atoms. The van der Waals surface area contributed by atoms with Crippen molar-refractivity contribution in [1.29, 1.82) is 0 Å². The molecule has 3 rings (SSSR count). The van der Waals surface area contributed by atoms with Gasteiger partial charge in [-0.05, 0) is 40.2 Å². The number of rotatable bonds is 1. The highest BCUT2D eigenvalue weighted by Crippen LogP contribution is 2.36. The van der Waals surface area contributed by atoms with Gasteiger partial charge in [0.1, 0.15) is 11.2 Å². The van der Waals surface area contributed by atoms with Gasteiger partial charge in [0.2, 0.25) is 0 Å². The standard InChI is InChI=1S/C12H5Br2NO3/c13-6-1-2-7-8-4-9(14)10(15(16)17)5-12(8)18-11(7)3-6/h1-5H. The number of nitro groups is 1. The van der Waals surface area contributed by atoms with Crippen LogP contribution in [0.3, 0.4) is 0 Å². The molecular weight excluding hydrogens is 366 g/mol. The zero-order valence-electron chi connectivity index (χ0n) is 8.81. The van der Waals surface area contributed by atoms with E-state index in [4.69, 9.17) is 4.42 Å². The van der Waals surface area contributed by atoms with Crippen molar-refractivity contribution in [2.24, 2.45) is 0 Å². The lowest BCUT2D eigenvalue weighted by Crippen LogP contribution is -1.88. The number of fused-ring (bicyclic) bond motifs is 3. The summed E-state index contributed by atoms with van der Waals surface area (Å²) in [5.41, 5.74) is 1.21. The SMILES string of the molecule is O=[N+]([O-])c1cc2oc3cc(Br)ccc3c2cc1Br. The maximum Gasteiger partial charge on any atom is 0.287 e. The quantitative estimate of drug-likeness (QED) is 0.446. The molecule has 0 aliphatic rings. The van der Waals surface area contributed by atoms with Gasteiger partial charge in [0.25, 0.3) is 5.69 Å².